The van der Waals surface area contributed by atoms with E-state index in [1.807, 2.05) is 0 Å². The molecule has 0 spiro atoms. The third-order valence-electron chi connectivity index (χ3n) is 7.12. The molecular formula is C32H30N4O8S2. The predicted octanol–water partition coefficient (Wildman–Crippen LogP) is 6.21. The molecule has 5 aromatic rings. The van der Waals surface area contributed by atoms with Gasteiger partial charge in [0.15, 0.2) is 11.5 Å². The summed E-state index contributed by atoms with van der Waals surface area (Å²) in [6, 6.07) is 17.9. The lowest BCUT2D eigenvalue weighted by atomic mass is 10.1. The average Bonchev–Trinajstić information content (AvgIpc) is 3.73. The highest BCUT2D eigenvalue weighted by molar-refractivity contribution is 7.93. The van der Waals surface area contributed by atoms with Gasteiger partial charge in [0, 0.05) is 11.4 Å². The van der Waals surface area contributed by atoms with Crippen LogP contribution < -0.4 is 20.1 Å². The van der Waals surface area contributed by atoms with E-state index < -0.39 is 31.9 Å². The maximum atomic E-state index is 13.6. The van der Waals surface area contributed by atoms with Crippen molar-refractivity contribution in [2.75, 3.05) is 20.1 Å². The Kier molecular flexibility index (Phi) is 8.76. The molecule has 0 bridgehead atoms. The van der Waals surface area contributed by atoms with Gasteiger partial charge in [-0.2, -0.15) is 0 Å². The van der Waals surface area contributed by atoms with Gasteiger partial charge in [-0.25, -0.2) is 16.8 Å². The van der Waals surface area contributed by atoms with Gasteiger partial charge in [-0.3, -0.25) is 19.0 Å². The summed E-state index contributed by atoms with van der Waals surface area (Å²) in [6.45, 7) is 6.65. The van der Waals surface area contributed by atoms with E-state index >= 15 is 0 Å². The Balaban J connectivity index is 1.40. The molecule has 0 unspecified atom stereocenters. The fourth-order valence-corrected chi connectivity index (χ4v) is 7.27. The molecule has 0 fully saturated rings. The van der Waals surface area contributed by atoms with Gasteiger partial charge in [-0.1, -0.05) is 12.1 Å². The highest BCUT2D eigenvalue weighted by Crippen LogP contribution is 2.31. The van der Waals surface area contributed by atoms with E-state index in [2.05, 4.69) is 20.1 Å². The molecule has 0 saturated heterocycles. The number of aryl methyl sites for hydroxylation is 3. The molecule has 3 aromatic carbocycles. The normalized spacial score (nSPS) is 11.6. The van der Waals surface area contributed by atoms with Gasteiger partial charge in [-0.15, -0.1) is 0 Å². The smallest absolute Gasteiger partial charge is 0.291 e. The monoisotopic (exact) mass is 662 g/mol. The van der Waals surface area contributed by atoms with Gasteiger partial charge in [0.1, 0.15) is 0 Å². The summed E-state index contributed by atoms with van der Waals surface area (Å²) in [6.07, 6.45) is 2.70. The fourth-order valence-electron chi connectivity index (χ4n) is 4.57. The van der Waals surface area contributed by atoms with Crippen molar-refractivity contribution >= 4 is 54.6 Å². The molecule has 238 valence electrons. The summed E-state index contributed by atoms with van der Waals surface area (Å²) in [7, 11) is -8.39. The number of sulfonamides is 2. The van der Waals surface area contributed by atoms with Crippen molar-refractivity contribution in [3.05, 3.63) is 119 Å². The number of carbonyl (C=O) groups excluding carboxylic acids is 2. The van der Waals surface area contributed by atoms with Crippen molar-refractivity contribution in [1.29, 1.82) is 0 Å². The van der Waals surface area contributed by atoms with Gasteiger partial charge in [0.2, 0.25) is 0 Å². The van der Waals surface area contributed by atoms with Crippen LogP contribution in [-0.4, -0.2) is 28.6 Å². The van der Waals surface area contributed by atoms with Gasteiger partial charge in [-0.05, 0) is 111 Å². The molecule has 12 nitrogen and oxygen atoms in total. The molecule has 0 radical (unpaired) electrons. The van der Waals surface area contributed by atoms with Crippen molar-refractivity contribution < 1.29 is 35.3 Å². The van der Waals surface area contributed by atoms with Crippen LogP contribution in [0.2, 0.25) is 0 Å². The molecule has 2 aromatic heterocycles. The Morgan fingerprint density at radius 3 is 1.50 bits per heavy atom. The maximum Gasteiger partial charge on any atom is 0.291 e. The number of hydrogen-bond acceptors (Lipinski definition) is 8. The van der Waals surface area contributed by atoms with E-state index in [1.54, 1.807) is 70.2 Å². The zero-order valence-corrected chi connectivity index (χ0v) is 26.8. The number of carbonyl (C=O) groups is 2. The number of amides is 2. The fraction of sp³-hybridized carbons (Fsp3) is 0.125. The lowest BCUT2D eigenvalue weighted by Gasteiger charge is -2.18. The third kappa shape index (κ3) is 6.98. The van der Waals surface area contributed by atoms with Crippen LogP contribution in [-0.2, 0) is 20.0 Å². The van der Waals surface area contributed by atoms with E-state index in [9.17, 15) is 26.4 Å². The minimum Gasteiger partial charge on any atom is -0.459 e. The highest BCUT2D eigenvalue weighted by atomic mass is 32.2. The summed E-state index contributed by atoms with van der Waals surface area (Å²) in [5, 5.41) is 5.23. The number of furan rings is 2. The van der Waals surface area contributed by atoms with E-state index in [4.69, 9.17) is 8.83 Å². The molecular weight excluding hydrogens is 633 g/mol. The van der Waals surface area contributed by atoms with Crippen LogP contribution in [0.5, 0.6) is 0 Å². The Hall–Kier alpha value is -5.34. The first-order valence-corrected chi connectivity index (χ1v) is 16.8. The Bertz CT molecular complexity index is 2160. The van der Waals surface area contributed by atoms with Crippen LogP contribution >= 0.6 is 0 Å². The standard InChI is InChI=1S/C32H30N4O8S2/c1-19-9-11-23(33-31(37)27-7-5-13-43-27)17-29(19)45(39,40)35-25-15-21(3)22(4)26(16-25)36-46(41,42)30-18-24(12-10-20(30)2)34-32(38)28-8-6-14-44-28/h5-18,35-36H,1-4H3,(H,33,37)(H,34,38). The number of hydrogen-bond donors (Lipinski definition) is 4. The first-order valence-electron chi connectivity index (χ1n) is 13.8. The number of rotatable bonds is 10. The molecule has 2 amide bonds. The van der Waals surface area contributed by atoms with Gasteiger partial charge in [0.25, 0.3) is 31.9 Å². The predicted molar refractivity (Wildman–Crippen MR) is 173 cm³/mol. The van der Waals surface area contributed by atoms with Crippen molar-refractivity contribution in [2.24, 2.45) is 0 Å². The molecule has 0 aliphatic heterocycles. The molecule has 0 aliphatic rings. The second kappa shape index (κ2) is 12.6. The van der Waals surface area contributed by atoms with E-state index in [0.29, 0.717) is 22.3 Å². The first-order chi connectivity index (χ1) is 21.7. The molecule has 4 N–H and O–H groups in total. The molecule has 0 atom stereocenters. The van der Waals surface area contributed by atoms with Gasteiger partial charge in [0.05, 0.1) is 33.7 Å². The van der Waals surface area contributed by atoms with Crippen LogP contribution in [0.25, 0.3) is 0 Å². The Morgan fingerprint density at radius 1 is 0.565 bits per heavy atom. The molecule has 0 aliphatic carbocycles. The number of anilines is 4. The molecule has 5 rings (SSSR count). The summed E-state index contributed by atoms with van der Waals surface area (Å²) in [5.74, 6) is -0.961. The van der Waals surface area contributed by atoms with Crippen molar-refractivity contribution in [3.63, 3.8) is 0 Å². The lowest BCUT2D eigenvalue weighted by Crippen LogP contribution is -2.18. The maximum absolute atomic E-state index is 13.6. The summed E-state index contributed by atoms with van der Waals surface area (Å²) in [5.41, 5.74) is 2.76. The van der Waals surface area contributed by atoms with Crippen LogP contribution in [0.4, 0.5) is 22.7 Å². The molecule has 0 saturated carbocycles. The summed E-state index contributed by atoms with van der Waals surface area (Å²) >= 11 is 0. The summed E-state index contributed by atoms with van der Waals surface area (Å²) < 4.78 is 69.6. The lowest BCUT2D eigenvalue weighted by molar-refractivity contribution is 0.0989. The second-order valence-electron chi connectivity index (χ2n) is 10.5. The zero-order chi connectivity index (χ0) is 33.2. The quantitative estimate of drug-likeness (QED) is 0.136. The van der Waals surface area contributed by atoms with E-state index in [-0.39, 0.29) is 44.1 Å². The van der Waals surface area contributed by atoms with Gasteiger partial charge < -0.3 is 19.5 Å². The zero-order valence-electron chi connectivity index (χ0n) is 25.2. The second-order valence-corrected chi connectivity index (χ2v) is 13.8. The minimum absolute atomic E-state index is 0.0637. The Labute approximate surface area is 265 Å². The third-order valence-corrected chi connectivity index (χ3v) is 10.2. The average molecular weight is 663 g/mol. The molecule has 14 heteroatoms. The van der Waals surface area contributed by atoms with Crippen LogP contribution in [0.1, 0.15) is 43.4 Å². The van der Waals surface area contributed by atoms with Gasteiger partial charge >= 0.3 is 0 Å². The van der Waals surface area contributed by atoms with Crippen LogP contribution in [0, 0.1) is 27.7 Å². The number of nitrogens with one attached hydrogen (secondary N) is 4. The van der Waals surface area contributed by atoms with Crippen molar-refractivity contribution in [1.82, 2.24) is 0 Å². The topological polar surface area (TPSA) is 177 Å². The Morgan fingerprint density at radius 2 is 1.04 bits per heavy atom. The molecule has 46 heavy (non-hydrogen) atoms. The molecule has 2 heterocycles. The van der Waals surface area contributed by atoms with Crippen LogP contribution in [0.3, 0.4) is 0 Å². The van der Waals surface area contributed by atoms with Crippen molar-refractivity contribution in [2.45, 2.75) is 37.5 Å². The highest BCUT2D eigenvalue weighted by Gasteiger charge is 2.23. The van der Waals surface area contributed by atoms with Crippen molar-refractivity contribution in [3.8, 4) is 0 Å². The largest absolute Gasteiger partial charge is 0.459 e. The van der Waals surface area contributed by atoms with Crippen LogP contribution in [0.15, 0.2) is 104 Å². The van der Waals surface area contributed by atoms with E-state index in [0.717, 1.165) is 0 Å². The first kappa shape index (κ1) is 32.1. The SMILES string of the molecule is Cc1ccc(NC(=O)c2ccco2)cc1S(=O)(=O)Nc1cc(C)c(C)c(NS(=O)(=O)c2cc(NC(=O)c3ccco3)ccc2C)c1. The minimum atomic E-state index is -4.20. The van der Waals surface area contributed by atoms with E-state index in [1.165, 1.54) is 42.9 Å². The number of benzene rings is 3. The summed E-state index contributed by atoms with van der Waals surface area (Å²) in [4.78, 5) is 24.7.